The Balaban J connectivity index is 2.49. The van der Waals surface area contributed by atoms with Gasteiger partial charge in [0.25, 0.3) is 0 Å². The average molecular weight is 267 g/mol. The monoisotopic (exact) mass is 267 g/mol. The highest BCUT2D eigenvalue weighted by molar-refractivity contribution is 5.88. The zero-order valence-corrected chi connectivity index (χ0v) is 13.1. The number of carbonyl (C=O) groups is 1. The number of hydrogen-bond donors (Lipinski definition) is 1. The van der Waals surface area contributed by atoms with Gasteiger partial charge in [-0.1, -0.05) is 34.3 Å². The molecule has 1 saturated carbocycles. The van der Waals surface area contributed by atoms with Gasteiger partial charge in [-0.25, -0.2) is 4.79 Å². The lowest BCUT2D eigenvalue weighted by atomic mass is 9.63. The van der Waals surface area contributed by atoms with Crippen molar-refractivity contribution in [1.82, 2.24) is 5.32 Å². The molecule has 0 aromatic rings. The molecule has 3 nitrogen and oxygen atoms in total. The first-order valence-corrected chi connectivity index (χ1v) is 7.23. The van der Waals surface area contributed by atoms with Crippen LogP contribution in [0.4, 0.5) is 0 Å². The zero-order chi connectivity index (χ0) is 14.7. The molecule has 0 spiro atoms. The number of nitrogens with one attached hydrogen (secondary N) is 1. The van der Waals surface area contributed by atoms with E-state index in [0.29, 0.717) is 35.6 Å². The van der Waals surface area contributed by atoms with Gasteiger partial charge >= 0.3 is 5.97 Å². The second-order valence-electron chi connectivity index (χ2n) is 7.32. The molecule has 1 aliphatic carbocycles. The fraction of sp³-hybridized carbons (Fsp3) is 0.812. The maximum atomic E-state index is 11.5. The summed E-state index contributed by atoms with van der Waals surface area (Å²) in [5, 5.41) is 3.47. The highest BCUT2D eigenvalue weighted by Crippen LogP contribution is 2.45. The van der Waals surface area contributed by atoms with Crippen molar-refractivity contribution in [3.05, 3.63) is 12.2 Å². The summed E-state index contributed by atoms with van der Waals surface area (Å²) in [6.07, 6.45) is 3.54. The van der Waals surface area contributed by atoms with Gasteiger partial charge in [0.05, 0.1) is 6.61 Å². The molecule has 0 atom stereocenters. The molecule has 1 fully saturated rings. The van der Waals surface area contributed by atoms with E-state index in [-0.39, 0.29) is 5.97 Å². The van der Waals surface area contributed by atoms with Crippen molar-refractivity contribution < 1.29 is 9.53 Å². The Morgan fingerprint density at radius 3 is 2.26 bits per heavy atom. The van der Waals surface area contributed by atoms with E-state index < -0.39 is 0 Å². The van der Waals surface area contributed by atoms with Gasteiger partial charge in [-0.05, 0) is 37.0 Å². The first-order chi connectivity index (χ1) is 8.65. The van der Waals surface area contributed by atoms with Crippen molar-refractivity contribution in [1.29, 1.82) is 0 Å². The zero-order valence-electron chi connectivity index (χ0n) is 13.1. The van der Waals surface area contributed by atoms with Crippen LogP contribution in [-0.2, 0) is 9.53 Å². The van der Waals surface area contributed by atoms with Crippen LogP contribution in [0.3, 0.4) is 0 Å². The molecule has 19 heavy (non-hydrogen) atoms. The maximum Gasteiger partial charge on any atom is 0.334 e. The van der Waals surface area contributed by atoms with E-state index in [0.717, 1.165) is 12.8 Å². The molecule has 0 bridgehead atoms. The van der Waals surface area contributed by atoms with E-state index in [1.54, 1.807) is 0 Å². The van der Waals surface area contributed by atoms with Crippen LogP contribution in [0.1, 0.15) is 53.9 Å². The summed E-state index contributed by atoms with van der Waals surface area (Å²) < 4.78 is 4.95. The Morgan fingerprint density at radius 1 is 1.26 bits per heavy atom. The van der Waals surface area contributed by atoms with Crippen LogP contribution < -0.4 is 5.32 Å². The number of hydrogen-bond acceptors (Lipinski definition) is 3. The van der Waals surface area contributed by atoms with Gasteiger partial charge in [0, 0.05) is 18.2 Å². The molecule has 0 radical (unpaired) electrons. The van der Waals surface area contributed by atoms with E-state index in [2.05, 4.69) is 39.6 Å². The molecular weight excluding hydrogens is 238 g/mol. The minimum atomic E-state index is -0.288. The molecule has 0 aromatic heterocycles. The van der Waals surface area contributed by atoms with Crippen LogP contribution in [0.15, 0.2) is 12.2 Å². The maximum absolute atomic E-state index is 11.5. The molecule has 1 N–H and O–H groups in total. The summed E-state index contributed by atoms with van der Waals surface area (Å²) in [5.41, 5.74) is 1.22. The first kappa shape index (κ1) is 16.2. The summed E-state index contributed by atoms with van der Waals surface area (Å²) in [6.45, 7) is 15.8. The fourth-order valence-corrected chi connectivity index (χ4v) is 3.56. The first-order valence-electron chi connectivity index (χ1n) is 7.23. The van der Waals surface area contributed by atoms with E-state index in [1.165, 1.54) is 6.42 Å². The summed E-state index contributed by atoms with van der Waals surface area (Å²) >= 11 is 0. The Labute approximate surface area is 117 Å². The van der Waals surface area contributed by atoms with E-state index in [9.17, 15) is 4.79 Å². The largest absolute Gasteiger partial charge is 0.463 e. The van der Waals surface area contributed by atoms with Crippen LogP contribution >= 0.6 is 0 Å². The van der Waals surface area contributed by atoms with Gasteiger partial charge in [0.2, 0.25) is 0 Å². The van der Waals surface area contributed by atoms with Crippen LogP contribution in [-0.4, -0.2) is 25.2 Å². The average Bonchev–Trinajstić information content (AvgIpc) is 2.21. The minimum Gasteiger partial charge on any atom is -0.463 e. The van der Waals surface area contributed by atoms with Gasteiger partial charge in [0.15, 0.2) is 0 Å². The van der Waals surface area contributed by atoms with Gasteiger partial charge in [0.1, 0.15) is 0 Å². The van der Waals surface area contributed by atoms with E-state index >= 15 is 0 Å². The molecule has 0 amide bonds. The lowest BCUT2D eigenvalue weighted by molar-refractivity contribution is -0.138. The molecule has 1 aliphatic rings. The van der Waals surface area contributed by atoms with E-state index in [4.69, 9.17) is 4.74 Å². The van der Waals surface area contributed by atoms with Gasteiger partial charge in [-0.3, -0.25) is 0 Å². The number of ether oxygens (including phenoxy) is 1. The SMILES string of the molecule is C=C(CNC1CC(C)(C)CC(C)(C)C1)C(=O)OCC. The van der Waals surface area contributed by atoms with Gasteiger partial charge in [-0.2, -0.15) is 0 Å². The van der Waals surface area contributed by atoms with Crippen molar-refractivity contribution in [3.63, 3.8) is 0 Å². The van der Waals surface area contributed by atoms with Crippen molar-refractivity contribution in [2.75, 3.05) is 13.2 Å². The van der Waals surface area contributed by atoms with Gasteiger partial charge in [-0.15, -0.1) is 0 Å². The standard InChI is InChI=1S/C16H29NO2/c1-7-19-14(18)12(2)10-17-13-8-15(3,4)11-16(5,6)9-13/h13,17H,2,7-11H2,1,3-6H3. The Bertz CT molecular complexity index is 329. The van der Waals surface area contributed by atoms with Crippen molar-refractivity contribution >= 4 is 5.97 Å². The number of rotatable bonds is 5. The molecular formula is C16H29NO2. The lowest BCUT2D eigenvalue weighted by Crippen LogP contribution is -2.44. The third-order valence-corrected chi connectivity index (χ3v) is 3.72. The molecule has 1 rings (SSSR count). The molecule has 0 unspecified atom stereocenters. The van der Waals surface area contributed by atoms with Crippen molar-refractivity contribution in [3.8, 4) is 0 Å². The highest BCUT2D eigenvalue weighted by Gasteiger charge is 2.38. The van der Waals surface area contributed by atoms with Crippen LogP contribution in [0.2, 0.25) is 0 Å². The number of carbonyl (C=O) groups excluding carboxylic acids is 1. The normalized spacial score (nSPS) is 21.9. The molecule has 3 heteroatoms. The van der Waals surface area contributed by atoms with Crippen molar-refractivity contribution in [2.24, 2.45) is 10.8 Å². The lowest BCUT2D eigenvalue weighted by Gasteiger charge is -2.45. The molecule has 0 aliphatic heterocycles. The quantitative estimate of drug-likeness (QED) is 0.613. The molecule has 0 saturated heterocycles. The summed E-state index contributed by atoms with van der Waals surface area (Å²) in [6, 6.07) is 0.449. The second kappa shape index (κ2) is 6.08. The summed E-state index contributed by atoms with van der Waals surface area (Å²) in [4.78, 5) is 11.5. The summed E-state index contributed by atoms with van der Waals surface area (Å²) in [7, 11) is 0. The fourth-order valence-electron chi connectivity index (χ4n) is 3.56. The van der Waals surface area contributed by atoms with Crippen LogP contribution in [0.25, 0.3) is 0 Å². The van der Waals surface area contributed by atoms with Crippen LogP contribution in [0, 0.1) is 10.8 Å². The van der Waals surface area contributed by atoms with Crippen molar-refractivity contribution in [2.45, 2.75) is 59.9 Å². The Morgan fingerprint density at radius 2 is 1.79 bits per heavy atom. The molecule has 110 valence electrons. The third kappa shape index (κ3) is 5.35. The molecule has 0 aromatic carbocycles. The van der Waals surface area contributed by atoms with Gasteiger partial charge < -0.3 is 10.1 Å². The number of esters is 1. The second-order valence-corrected chi connectivity index (χ2v) is 7.32. The third-order valence-electron chi connectivity index (χ3n) is 3.72. The smallest absolute Gasteiger partial charge is 0.334 e. The predicted molar refractivity (Wildman–Crippen MR) is 79.0 cm³/mol. The molecule has 0 heterocycles. The highest BCUT2D eigenvalue weighted by atomic mass is 16.5. The minimum absolute atomic E-state index is 0.288. The topological polar surface area (TPSA) is 38.3 Å². The summed E-state index contributed by atoms with van der Waals surface area (Å²) in [5.74, 6) is -0.288. The van der Waals surface area contributed by atoms with Crippen LogP contribution in [0.5, 0.6) is 0 Å². The predicted octanol–water partition coefficient (Wildman–Crippen LogP) is 3.30. The van der Waals surface area contributed by atoms with E-state index in [1.807, 2.05) is 6.92 Å². The Hall–Kier alpha value is -0.830. The Kier molecular flexibility index (Phi) is 5.19.